The van der Waals surface area contributed by atoms with E-state index < -0.39 is 46.1 Å². The van der Waals surface area contributed by atoms with Gasteiger partial charge in [-0.2, -0.15) is 22.7 Å². The Bertz CT molecular complexity index is 2010. The molecule has 13 nitrogen and oxygen atoms in total. The van der Waals surface area contributed by atoms with Gasteiger partial charge in [-0.15, -0.1) is 5.10 Å². The summed E-state index contributed by atoms with van der Waals surface area (Å²) >= 11 is 0. The van der Waals surface area contributed by atoms with Crippen molar-refractivity contribution in [1.29, 1.82) is 0 Å². The molecule has 5 heterocycles. The number of amides is 2. The third-order valence-electron chi connectivity index (χ3n) is 8.03. The number of H-pyrrole nitrogens is 1. The number of carbonyl (C=O) groups excluding carboxylic acids is 2. The molecule has 2 N–H and O–H groups in total. The van der Waals surface area contributed by atoms with E-state index in [0.29, 0.717) is 25.3 Å². The van der Waals surface area contributed by atoms with Gasteiger partial charge in [-0.25, -0.2) is 4.39 Å². The smallest absolute Gasteiger partial charge is 0.377 e. The van der Waals surface area contributed by atoms with Gasteiger partial charge >= 0.3 is 6.18 Å². The van der Waals surface area contributed by atoms with E-state index in [1.807, 2.05) is 0 Å². The zero-order chi connectivity index (χ0) is 33.5. The van der Waals surface area contributed by atoms with Gasteiger partial charge in [0.05, 0.1) is 18.8 Å². The molecule has 6 rings (SSSR count). The Kier molecular flexibility index (Phi) is 8.40. The number of ether oxygens (including phenoxy) is 1. The average Bonchev–Trinajstić information content (AvgIpc) is 3.50. The number of carbonyl (C=O) groups is 2. The summed E-state index contributed by atoms with van der Waals surface area (Å²) in [7, 11) is 0. The van der Waals surface area contributed by atoms with Gasteiger partial charge in [0.25, 0.3) is 17.0 Å². The Labute approximate surface area is 263 Å². The Morgan fingerprint density at radius 3 is 2.43 bits per heavy atom. The molecule has 4 aromatic rings. The molecule has 3 aromatic heterocycles. The predicted octanol–water partition coefficient (Wildman–Crippen LogP) is 2.45. The largest absolute Gasteiger partial charge is 0.416 e. The zero-order valence-corrected chi connectivity index (χ0v) is 24.9. The van der Waals surface area contributed by atoms with E-state index in [-0.39, 0.29) is 55.7 Å². The van der Waals surface area contributed by atoms with Crippen molar-refractivity contribution in [3.63, 3.8) is 0 Å². The minimum absolute atomic E-state index is 0.0629. The molecule has 17 heteroatoms. The van der Waals surface area contributed by atoms with Crippen LogP contribution in [0.1, 0.15) is 33.9 Å². The second kappa shape index (κ2) is 12.5. The molecular weight excluding hydrogens is 628 g/mol. The molecule has 0 saturated carbocycles. The van der Waals surface area contributed by atoms with Crippen molar-refractivity contribution in [2.75, 3.05) is 49.6 Å². The van der Waals surface area contributed by atoms with E-state index >= 15 is 0 Å². The number of nitrogens with zero attached hydrogens (tertiary/aromatic N) is 6. The van der Waals surface area contributed by atoms with Gasteiger partial charge in [-0.1, -0.05) is 6.08 Å². The lowest BCUT2D eigenvalue weighted by atomic mass is 10.1. The van der Waals surface area contributed by atoms with Crippen LogP contribution in [0, 0.1) is 12.7 Å². The van der Waals surface area contributed by atoms with Crippen molar-refractivity contribution in [2.45, 2.75) is 26.1 Å². The second-order valence-electron chi connectivity index (χ2n) is 11.0. The van der Waals surface area contributed by atoms with Crippen LogP contribution >= 0.6 is 0 Å². The lowest BCUT2D eigenvalue weighted by molar-refractivity contribution is -0.137. The topological polar surface area (TPSA) is 147 Å². The molecule has 0 unspecified atom stereocenters. The van der Waals surface area contributed by atoms with E-state index in [9.17, 15) is 36.7 Å². The number of rotatable bonds is 6. The summed E-state index contributed by atoms with van der Waals surface area (Å²) in [5, 5.41) is 7.04. The number of aromatic amines is 1. The summed E-state index contributed by atoms with van der Waals surface area (Å²) in [5.74, 6) is -1.95. The minimum atomic E-state index is -4.53. The van der Waals surface area contributed by atoms with E-state index in [4.69, 9.17) is 4.74 Å². The van der Waals surface area contributed by atoms with Crippen LogP contribution in [0.15, 0.2) is 52.2 Å². The van der Waals surface area contributed by atoms with Crippen molar-refractivity contribution in [2.24, 2.45) is 0 Å². The quantitative estimate of drug-likeness (QED) is 0.301. The van der Waals surface area contributed by atoms with Crippen molar-refractivity contribution in [1.82, 2.24) is 29.0 Å². The Balaban J connectivity index is 1.31. The highest BCUT2D eigenvalue weighted by Gasteiger charge is 2.31. The van der Waals surface area contributed by atoms with Crippen LogP contribution in [0.4, 0.5) is 28.9 Å². The monoisotopic (exact) mass is 656 g/mol. The highest BCUT2D eigenvalue weighted by Crippen LogP contribution is 2.30. The van der Waals surface area contributed by atoms with Gasteiger partial charge < -0.3 is 29.4 Å². The number of piperazine rings is 1. The molecule has 0 atom stereocenters. The molecule has 1 aromatic carbocycles. The maximum absolute atomic E-state index is 14.3. The molecule has 0 aliphatic carbocycles. The molecule has 0 bridgehead atoms. The molecule has 2 aliphatic heterocycles. The van der Waals surface area contributed by atoms with E-state index in [1.54, 1.807) is 17.9 Å². The molecule has 1 saturated heterocycles. The van der Waals surface area contributed by atoms with Gasteiger partial charge in [-0.3, -0.25) is 19.2 Å². The Hall–Kier alpha value is -5.32. The molecule has 0 spiro atoms. The zero-order valence-electron chi connectivity index (χ0n) is 24.9. The van der Waals surface area contributed by atoms with Crippen LogP contribution in [-0.2, 0) is 22.3 Å². The summed E-state index contributed by atoms with van der Waals surface area (Å²) < 4.78 is 61.3. The molecular formula is C30H28F4N8O5. The minimum Gasteiger partial charge on any atom is -0.377 e. The van der Waals surface area contributed by atoms with Gasteiger partial charge in [0, 0.05) is 43.8 Å². The van der Waals surface area contributed by atoms with Crippen LogP contribution in [0.25, 0.3) is 11.4 Å². The maximum atomic E-state index is 14.3. The van der Waals surface area contributed by atoms with Crippen LogP contribution < -0.4 is 21.3 Å². The number of nitrogens with one attached hydrogen (secondary N) is 2. The van der Waals surface area contributed by atoms with Crippen LogP contribution in [-0.4, -0.2) is 80.3 Å². The van der Waals surface area contributed by atoms with Gasteiger partial charge in [0.15, 0.2) is 5.82 Å². The third-order valence-corrected chi connectivity index (χ3v) is 8.03. The van der Waals surface area contributed by atoms with Crippen LogP contribution in [0.3, 0.4) is 0 Å². The number of pyridine rings is 1. The summed E-state index contributed by atoms with van der Waals surface area (Å²) in [6.07, 6.45) is -1.12. The highest BCUT2D eigenvalue weighted by atomic mass is 19.4. The summed E-state index contributed by atoms with van der Waals surface area (Å²) in [4.78, 5) is 62.1. The Morgan fingerprint density at radius 1 is 1.06 bits per heavy atom. The van der Waals surface area contributed by atoms with Crippen LogP contribution in [0.5, 0.6) is 0 Å². The number of aromatic nitrogens is 5. The summed E-state index contributed by atoms with van der Waals surface area (Å²) in [6.45, 7) is 2.45. The number of benzene rings is 1. The first-order valence-corrected chi connectivity index (χ1v) is 14.6. The Morgan fingerprint density at radius 2 is 1.79 bits per heavy atom. The normalized spacial score (nSPS) is 15.6. The van der Waals surface area contributed by atoms with Crippen molar-refractivity contribution in [3.05, 3.63) is 91.8 Å². The van der Waals surface area contributed by atoms with Crippen molar-refractivity contribution >= 4 is 34.5 Å². The fraction of sp³-hybridized carbons (Fsp3) is 0.333. The van der Waals surface area contributed by atoms with Gasteiger partial charge in [0.1, 0.15) is 23.6 Å². The number of alkyl halides is 3. The van der Waals surface area contributed by atoms with E-state index in [0.717, 1.165) is 46.6 Å². The standard InChI is InChI=1S/C30H28F4N8O5/c1-17-24(39-10-12-40(13-11-39)27(45)23-21(31)6-9-35-26(23)44)28(46)42-29(37-25(38-42)18-7-14-47-15-8-18)41(17)16-22(43)36-20-4-2-19(3-5-20)30(32,33)34/h2-7,9H,8,10-16H2,1H3,(H,35,44)(H,36,43). The van der Waals surface area contributed by atoms with Crippen LogP contribution in [0.2, 0.25) is 0 Å². The van der Waals surface area contributed by atoms with E-state index in [2.05, 4.69) is 20.4 Å². The molecule has 246 valence electrons. The molecule has 1 fully saturated rings. The van der Waals surface area contributed by atoms with E-state index in [1.165, 1.54) is 9.47 Å². The third kappa shape index (κ3) is 6.25. The second-order valence-corrected chi connectivity index (χ2v) is 11.0. The summed E-state index contributed by atoms with van der Waals surface area (Å²) in [6, 6.07) is 4.99. The summed E-state index contributed by atoms with van der Waals surface area (Å²) in [5.41, 5.74) is -1.39. The maximum Gasteiger partial charge on any atom is 0.416 e. The number of fused-ring (bicyclic) bond motifs is 1. The molecule has 47 heavy (non-hydrogen) atoms. The first-order valence-electron chi connectivity index (χ1n) is 14.6. The molecule has 2 aliphatic rings. The highest BCUT2D eigenvalue weighted by molar-refractivity contribution is 5.94. The average molecular weight is 657 g/mol. The lowest BCUT2D eigenvalue weighted by Gasteiger charge is -2.36. The first-order chi connectivity index (χ1) is 22.4. The van der Waals surface area contributed by atoms with Crippen molar-refractivity contribution in [3.8, 4) is 0 Å². The predicted molar refractivity (Wildman–Crippen MR) is 161 cm³/mol. The number of halogens is 4. The molecule has 2 amide bonds. The van der Waals surface area contributed by atoms with Gasteiger partial charge in [0.2, 0.25) is 11.7 Å². The van der Waals surface area contributed by atoms with Crippen molar-refractivity contribution < 1.29 is 31.9 Å². The SMILES string of the molecule is Cc1c(N2CCN(C(=O)c3c(F)cc[nH]c3=O)CC2)c(=O)n2nc(C3=CCOCC3)nc2n1CC(=O)Nc1ccc(C(F)(F)F)cc1. The lowest BCUT2D eigenvalue weighted by Crippen LogP contribution is -2.51. The fourth-order valence-corrected chi connectivity index (χ4v) is 5.60. The molecule has 0 radical (unpaired) electrons. The first kappa shape index (κ1) is 31.7. The van der Waals surface area contributed by atoms with Gasteiger partial charge in [-0.05, 0) is 49.2 Å². The number of anilines is 2. The fourth-order valence-electron chi connectivity index (χ4n) is 5.60. The number of hydrogen-bond acceptors (Lipinski definition) is 8. The number of hydrogen-bond donors (Lipinski definition) is 2.